The minimum Gasteiger partial charge on any atom is -0.491 e. The summed E-state index contributed by atoms with van der Waals surface area (Å²) in [6.07, 6.45) is 3.70. The summed E-state index contributed by atoms with van der Waals surface area (Å²) in [5.41, 5.74) is 1.18. The highest BCUT2D eigenvalue weighted by Crippen LogP contribution is 2.15. The zero-order valence-corrected chi connectivity index (χ0v) is 12.1. The molecule has 0 atom stereocenters. The summed E-state index contributed by atoms with van der Waals surface area (Å²) in [4.78, 5) is 13.9. The topological polar surface area (TPSA) is 38.8 Å². The van der Waals surface area contributed by atoms with E-state index in [1.165, 1.54) is 5.56 Å². The van der Waals surface area contributed by atoms with Gasteiger partial charge in [-0.1, -0.05) is 12.1 Å². The lowest BCUT2D eigenvalue weighted by atomic mass is 10.1. The lowest BCUT2D eigenvalue weighted by Gasteiger charge is -2.15. The Morgan fingerprint density at radius 3 is 2.50 bits per heavy atom. The van der Waals surface area contributed by atoms with Gasteiger partial charge in [-0.15, -0.1) is 0 Å². The fraction of sp³-hybridized carbons (Fsp3) is 0.562. The van der Waals surface area contributed by atoms with Crippen LogP contribution in [0.25, 0.3) is 0 Å². The zero-order chi connectivity index (χ0) is 14.2. The van der Waals surface area contributed by atoms with Gasteiger partial charge in [0, 0.05) is 26.6 Å². The molecule has 1 amide bonds. The maximum absolute atomic E-state index is 11.9. The number of ether oxygens (including phenoxy) is 2. The van der Waals surface area contributed by atoms with Crippen molar-refractivity contribution in [1.29, 1.82) is 0 Å². The number of benzene rings is 1. The lowest BCUT2D eigenvalue weighted by molar-refractivity contribution is -0.130. The number of rotatable bonds is 7. The van der Waals surface area contributed by atoms with E-state index in [-0.39, 0.29) is 5.91 Å². The van der Waals surface area contributed by atoms with Gasteiger partial charge in [0.2, 0.25) is 5.91 Å². The van der Waals surface area contributed by atoms with E-state index in [0.717, 1.165) is 38.1 Å². The molecule has 0 N–H and O–H groups in total. The van der Waals surface area contributed by atoms with Crippen molar-refractivity contribution in [2.24, 2.45) is 0 Å². The third kappa shape index (κ3) is 4.53. The summed E-state index contributed by atoms with van der Waals surface area (Å²) >= 11 is 0. The Kier molecular flexibility index (Phi) is 5.87. The SMILES string of the molecule is COCCOc1ccc(CCC(=O)N2CCCC2)cc1. The Morgan fingerprint density at radius 1 is 1.15 bits per heavy atom. The van der Waals surface area contributed by atoms with Crippen molar-refractivity contribution in [3.63, 3.8) is 0 Å². The van der Waals surface area contributed by atoms with Gasteiger partial charge in [-0.05, 0) is 37.0 Å². The van der Waals surface area contributed by atoms with Gasteiger partial charge >= 0.3 is 0 Å². The van der Waals surface area contributed by atoms with Crippen LogP contribution in [-0.2, 0) is 16.0 Å². The molecule has 0 saturated carbocycles. The van der Waals surface area contributed by atoms with Crippen LogP contribution >= 0.6 is 0 Å². The van der Waals surface area contributed by atoms with Crippen LogP contribution in [0.15, 0.2) is 24.3 Å². The van der Waals surface area contributed by atoms with Gasteiger partial charge in [0.25, 0.3) is 0 Å². The van der Waals surface area contributed by atoms with E-state index in [4.69, 9.17) is 9.47 Å². The first-order valence-electron chi connectivity index (χ1n) is 7.28. The fourth-order valence-corrected chi connectivity index (χ4v) is 2.37. The van der Waals surface area contributed by atoms with E-state index in [9.17, 15) is 4.79 Å². The molecular formula is C16H23NO3. The molecule has 0 aromatic heterocycles. The molecule has 1 aromatic rings. The van der Waals surface area contributed by atoms with E-state index < -0.39 is 0 Å². The van der Waals surface area contributed by atoms with Gasteiger partial charge in [-0.3, -0.25) is 4.79 Å². The number of amides is 1. The molecule has 0 unspecified atom stereocenters. The van der Waals surface area contributed by atoms with Crippen molar-refractivity contribution < 1.29 is 14.3 Å². The van der Waals surface area contributed by atoms with Crippen molar-refractivity contribution in [2.75, 3.05) is 33.4 Å². The maximum Gasteiger partial charge on any atom is 0.222 e. The largest absolute Gasteiger partial charge is 0.491 e. The predicted octanol–water partition coefficient (Wildman–Crippen LogP) is 2.27. The van der Waals surface area contributed by atoms with E-state index in [0.29, 0.717) is 19.6 Å². The number of aryl methyl sites for hydroxylation is 1. The van der Waals surface area contributed by atoms with Crippen LogP contribution in [-0.4, -0.2) is 44.2 Å². The monoisotopic (exact) mass is 277 g/mol. The number of likely N-dealkylation sites (tertiary alicyclic amines) is 1. The second kappa shape index (κ2) is 7.90. The molecule has 1 saturated heterocycles. The van der Waals surface area contributed by atoms with Crippen LogP contribution in [0.4, 0.5) is 0 Å². The highest BCUT2D eigenvalue weighted by atomic mass is 16.5. The average Bonchev–Trinajstić information content (AvgIpc) is 3.01. The quantitative estimate of drug-likeness (QED) is 0.718. The van der Waals surface area contributed by atoms with Gasteiger partial charge in [-0.2, -0.15) is 0 Å². The highest BCUT2D eigenvalue weighted by Gasteiger charge is 2.17. The second-order valence-electron chi connectivity index (χ2n) is 5.07. The molecule has 2 rings (SSSR count). The average molecular weight is 277 g/mol. The zero-order valence-electron chi connectivity index (χ0n) is 12.1. The van der Waals surface area contributed by atoms with Gasteiger partial charge in [0.15, 0.2) is 0 Å². The minimum absolute atomic E-state index is 0.280. The second-order valence-corrected chi connectivity index (χ2v) is 5.07. The molecular weight excluding hydrogens is 254 g/mol. The molecule has 1 aliphatic rings. The Hall–Kier alpha value is -1.55. The van der Waals surface area contributed by atoms with Crippen molar-refractivity contribution in [3.05, 3.63) is 29.8 Å². The van der Waals surface area contributed by atoms with Crippen LogP contribution in [0.5, 0.6) is 5.75 Å². The fourth-order valence-electron chi connectivity index (χ4n) is 2.37. The summed E-state index contributed by atoms with van der Waals surface area (Å²) in [5, 5.41) is 0. The molecule has 4 nitrogen and oxygen atoms in total. The molecule has 0 radical (unpaired) electrons. The number of carbonyl (C=O) groups excluding carboxylic acids is 1. The van der Waals surface area contributed by atoms with Crippen LogP contribution in [0.1, 0.15) is 24.8 Å². The smallest absolute Gasteiger partial charge is 0.222 e. The highest BCUT2D eigenvalue weighted by molar-refractivity contribution is 5.76. The summed E-state index contributed by atoms with van der Waals surface area (Å²) in [6.45, 7) is 3.02. The molecule has 20 heavy (non-hydrogen) atoms. The lowest BCUT2D eigenvalue weighted by Crippen LogP contribution is -2.27. The third-order valence-corrected chi connectivity index (χ3v) is 3.57. The molecule has 1 aromatic carbocycles. The van der Waals surface area contributed by atoms with E-state index in [1.54, 1.807) is 7.11 Å². The van der Waals surface area contributed by atoms with Crippen molar-refractivity contribution in [2.45, 2.75) is 25.7 Å². The van der Waals surface area contributed by atoms with E-state index in [2.05, 4.69) is 0 Å². The normalized spacial score (nSPS) is 14.6. The van der Waals surface area contributed by atoms with E-state index in [1.807, 2.05) is 29.2 Å². The molecule has 1 heterocycles. The standard InChI is InChI=1S/C16H23NO3/c1-19-12-13-20-15-7-4-14(5-8-15)6-9-16(18)17-10-2-3-11-17/h4-5,7-8H,2-3,6,9-13H2,1H3. The summed E-state index contributed by atoms with van der Waals surface area (Å²) < 4.78 is 10.4. The summed E-state index contributed by atoms with van der Waals surface area (Å²) in [5.74, 6) is 1.12. The van der Waals surface area contributed by atoms with Crippen LogP contribution in [0.3, 0.4) is 0 Å². The number of hydrogen-bond donors (Lipinski definition) is 0. The Balaban J connectivity index is 1.74. The van der Waals surface area contributed by atoms with Crippen molar-refractivity contribution in [3.8, 4) is 5.75 Å². The molecule has 0 bridgehead atoms. The molecule has 0 spiro atoms. The van der Waals surface area contributed by atoms with Crippen molar-refractivity contribution in [1.82, 2.24) is 4.90 Å². The Labute approximate surface area is 120 Å². The van der Waals surface area contributed by atoms with Gasteiger partial charge in [0.1, 0.15) is 12.4 Å². The van der Waals surface area contributed by atoms with Gasteiger partial charge in [-0.25, -0.2) is 0 Å². The number of nitrogens with zero attached hydrogens (tertiary/aromatic N) is 1. The minimum atomic E-state index is 0.280. The molecule has 1 aliphatic heterocycles. The Bertz CT molecular complexity index is 410. The molecule has 4 heteroatoms. The molecule has 110 valence electrons. The third-order valence-electron chi connectivity index (χ3n) is 3.57. The maximum atomic E-state index is 11.9. The molecule has 0 aliphatic carbocycles. The number of hydrogen-bond acceptors (Lipinski definition) is 3. The van der Waals surface area contributed by atoms with Gasteiger partial charge in [0.05, 0.1) is 6.61 Å². The number of carbonyl (C=O) groups is 1. The first-order chi connectivity index (χ1) is 9.79. The first kappa shape index (κ1) is 14.9. The van der Waals surface area contributed by atoms with Crippen molar-refractivity contribution >= 4 is 5.91 Å². The summed E-state index contributed by atoms with van der Waals surface area (Å²) in [7, 11) is 1.66. The summed E-state index contributed by atoms with van der Waals surface area (Å²) in [6, 6.07) is 7.95. The Morgan fingerprint density at radius 2 is 1.85 bits per heavy atom. The first-order valence-corrected chi connectivity index (χ1v) is 7.28. The van der Waals surface area contributed by atoms with Crippen LogP contribution < -0.4 is 4.74 Å². The van der Waals surface area contributed by atoms with Gasteiger partial charge < -0.3 is 14.4 Å². The van der Waals surface area contributed by atoms with Crippen LogP contribution in [0.2, 0.25) is 0 Å². The number of methoxy groups -OCH3 is 1. The van der Waals surface area contributed by atoms with Crippen LogP contribution in [0, 0.1) is 0 Å². The molecule has 1 fully saturated rings. The van der Waals surface area contributed by atoms with E-state index >= 15 is 0 Å². The predicted molar refractivity (Wildman–Crippen MR) is 77.9 cm³/mol.